The van der Waals surface area contributed by atoms with Gasteiger partial charge in [-0.3, -0.25) is 4.79 Å². The van der Waals surface area contributed by atoms with Gasteiger partial charge in [-0.15, -0.1) is 0 Å². The van der Waals surface area contributed by atoms with Crippen LogP contribution in [0.2, 0.25) is 0 Å². The molecule has 0 aliphatic carbocycles. The molecular weight excluding hydrogens is 288 g/mol. The third-order valence-corrected chi connectivity index (χ3v) is 6.20. The fourth-order valence-corrected chi connectivity index (χ4v) is 4.29. The molecule has 0 saturated carbocycles. The molecule has 0 fully saturated rings. The molecule has 1 nitrogen and oxygen atoms in total. The molecule has 0 spiro atoms. The highest BCUT2D eigenvalue weighted by Gasteiger charge is 2.20. The number of carbonyl (C=O) groups excluding carboxylic acids is 1. The first-order chi connectivity index (χ1) is 10.7. The van der Waals surface area contributed by atoms with Gasteiger partial charge < -0.3 is 0 Å². The fraction of sp³-hybridized carbons (Fsp3) is 0.350. The molecule has 1 atom stereocenters. The molecule has 0 aromatic heterocycles. The lowest BCUT2D eigenvalue weighted by molar-refractivity contribution is 0.102. The van der Waals surface area contributed by atoms with Crippen LogP contribution in [0.1, 0.15) is 37.0 Å². The van der Waals surface area contributed by atoms with Crippen molar-refractivity contribution >= 4 is 16.7 Å². The van der Waals surface area contributed by atoms with E-state index in [0.29, 0.717) is 11.5 Å². The van der Waals surface area contributed by atoms with Crippen LogP contribution in [-0.2, 0) is 10.9 Å². The van der Waals surface area contributed by atoms with Crippen LogP contribution in [0.4, 0.5) is 0 Å². The Hall–Kier alpha value is -1.54. The molecule has 0 saturated heterocycles. The van der Waals surface area contributed by atoms with Gasteiger partial charge in [-0.2, -0.15) is 0 Å². The zero-order valence-corrected chi connectivity index (χ0v) is 14.4. The van der Waals surface area contributed by atoms with E-state index in [4.69, 9.17) is 0 Å². The van der Waals surface area contributed by atoms with Crippen LogP contribution in [0.15, 0.2) is 54.6 Å². The molecular formula is C20H25OS+. The summed E-state index contributed by atoms with van der Waals surface area (Å²) >= 11 is 0. The summed E-state index contributed by atoms with van der Waals surface area (Å²) in [5, 5.41) is 0. The highest BCUT2D eigenvalue weighted by molar-refractivity contribution is 7.97. The molecule has 0 bridgehead atoms. The highest BCUT2D eigenvalue weighted by Crippen LogP contribution is 2.19. The maximum atomic E-state index is 12.4. The van der Waals surface area contributed by atoms with Crippen LogP contribution in [0.25, 0.3) is 11.1 Å². The Bertz CT molecular complexity index is 574. The van der Waals surface area contributed by atoms with Crippen LogP contribution < -0.4 is 0 Å². The average Bonchev–Trinajstić information content (AvgIpc) is 2.59. The second kappa shape index (κ2) is 8.79. The van der Waals surface area contributed by atoms with Crippen molar-refractivity contribution in [3.05, 3.63) is 60.2 Å². The number of hydrogen-bond acceptors (Lipinski definition) is 1. The number of ketones is 1. The summed E-state index contributed by atoms with van der Waals surface area (Å²) in [6, 6.07) is 18.3. The first kappa shape index (κ1) is 16.8. The first-order valence-corrected chi connectivity index (χ1v) is 9.80. The van der Waals surface area contributed by atoms with Crippen LogP contribution in [0.5, 0.6) is 0 Å². The van der Waals surface area contributed by atoms with E-state index in [9.17, 15) is 4.79 Å². The molecule has 2 rings (SSSR count). The highest BCUT2D eigenvalue weighted by atomic mass is 32.2. The maximum absolute atomic E-state index is 12.4. The minimum Gasteiger partial charge on any atom is -0.289 e. The number of carbonyl (C=O) groups is 1. The number of Topliss-reactive ketones (excluding diaryl/α,β-unsaturated/α-hetero) is 1. The van der Waals surface area contributed by atoms with E-state index in [-0.39, 0.29) is 10.9 Å². The monoisotopic (exact) mass is 313 g/mol. The largest absolute Gasteiger partial charge is 0.289 e. The maximum Gasteiger partial charge on any atom is 0.211 e. The van der Waals surface area contributed by atoms with Crippen molar-refractivity contribution in [1.82, 2.24) is 0 Å². The molecule has 2 aromatic rings. The SMILES string of the molecule is CCCC[S+](CC)CC(=O)c1ccc(-c2ccccc2)cc1. The Morgan fingerprint density at radius 3 is 2.14 bits per heavy atom. The molecule has 2 aromatic carbocycles. The number of benzene rings is 2. The van der Waals surface area contributed by atoms with Gasteiger partial charge in [0.2, 0.25) is 5.78 Å². The Morgan fingerprint density at radius 2 is 1.55 bits per heavy atom. The van der Waals surface area contributed by atoms with Gasteiger partial charge in [0.25, 0.3) is 0 Å². The second-order valence-electron chi connectivity index (χ2n) is 5.47. The molecule has 2 heteroatoms. The molecule has 1 unspecified atom stereocenters. The number of rotatable bonds is 8. The topological polar surface area (TPSA) is 17.1 Å². The van der Waals surface area contributed by atoms with E-state index in [1.54, 1.807) is 0 Å². The molecule has 0 aliphatic heterocycles. The van der Waals surface area contributed by atoms with Crippen LogP contribution in [-0.4, -0.2) is 23.0 Å². The first-order valence-electron chi connectivity index (χ1n) is 8.07. The predicted molar refractivity (Wildman–Crippen MR) is 98.8 cm³/mol. The quantitative estimate of drug-likeness (QED) is 0.496. The van der Waals surface area contributed by atoms with Crippen molar-refractivity contribution in [2.24, 2.45) is 0 Å². The Labute approximate surface area is 137 Å². The van der Waals surface area contributed by atoms with Crippen molar-refractivity contribution in [3.8, 4) is 11.1 Å². The lowest BCUT2D eigenvalue weighted by atomic mass is 10.0. The summed E-state index contributed by atoms with van der Waals surface area (Å²) in [4.78, 5) is 12.4. The second-order valence-corrected chi connectivity index (χ2v) is 7.97. The van der Waals surface area contributed by atoms with E-state index in [2.05, 4.69) is 38.1 Å². The number of unbranched alkanes of at least 4 members (excludes halogenated alkanes) is 1. The zero-order valence-electron chi connectivity index (χ0n) is 13.5. The summed E-state index contributed by atoms with van der Waals surface area (Å²) < 4.78 is 0. The van der Waals surface area contributed by atoms with E-state index >= 15 is 0 Å². The van der Waals surface area contributed by atoms with Crippen LogP contribution in [0, 0.1) is 0 Å². The summed E-state index contributed by atoms with van der Waals surface area (Å²) in [5.74, 6) is 3.32. The molecule has 0 heterocycles. The van der Waals surface area contributed by atoms with Gasteiger partial charge in [0.05, 0.1) is 0 Å². The normalized spacial score (nSPS) is 12.1. The molecule has 0 amide bonds. The van der Waals surface area contributed by atoms with Crippen molar-refractivity contribution in [1.29, 1.82) is 0 Å². The predicted octanol–water partition coefficient (Wildman–Crippen LogP) is 4.97. The standard InChI is InChI=1S/C20H25OS/c1-3-5-15-22(4-2)16-20(21)19-13-11-18(12-14-19)17-9-7-6-8-10-17/h6-14H,3-5,15-16H2,1-2H3/q+1. The van der Waals surface area contributed by atoms with Gasteiger partial charge in [-0.25, -0.2) is 0 Å². The lowest BCUT2D eigenvalue weighted by Gasteiger charge is -2.07. The molecule has 116 valence electrons. The van der Waals surface area contributed by atoms with Gasteiger partial charge in [0.1, 0.15) is 11.5 Å². The van der Waals surface area contributed by atoms with E-state index < -0.39 is 0 Å². The average molecular weight is 313 g/mol. The van der Waals surface area contributed by atoms with E-state index in [1.165, 1.54) is 24.2 Å². The fourth-order valence-electron chi connectivity index (χ4n) is 2.41. The minimum absolute atomic E-state index is 0.247. The minimum atomic E-state index is 0.247. The molecule has 0 radical (unpaired) electrons. The number of hydrogen-bond donors (Lipinski definition) is 0. The van der Waals surface area contributed by atoms with Crippen molar-refractivity contribution in [2.45, 2.75) is 26.7 Å². The summed E-state index contributed by atoms with van der Waals surface area (Å²) in [7, 11) is 0.247. The van der Waals surface area contributed by atoms with Crippen molar-refractivity contribution in [3.63, 3.8) is 0 Å². The van der Waals surface area contributed by atoms with Gasteiger partial charge in [0.15, 0.2) is 5.75 Å². The van der Waals surface area contributed by atoms with Gasteiger partial charge >= 0.3 is 0 Å². The summed E-state index contributed by atoms with van der Waals surface area (Å²) in [6.45, 7) is 4.41. The third-order valence-electron chi connectivity index (χ3n) is 3.84. The summed E-state index contributed by atoms with van der Waals surface area (Å²) in [6.07, 6.45) is 2.45. The molecule has 0 aliphatic rings. The van der Waals surface area contributed by atoms with E-state index in [0.717, 1.165) is 16.9 Å². The van der Waals surface area contributed by atoms with Crippen LogP contribution >= 0.6 is 0 Å². The van der Waals surface area contributed by atoms with Gasteiger partial charge in [0, 0.05) is 5.56 Å². The smallest absolute Gasteiger partial charge is 0.211 e. The zero-order chi connectivity index (χ0) is 15.8. The van der Waals surface area contributed by atoms with Gasteiger partial charge in [-0.05, 0) is 35.4 Å². The van der Waals surface area contributed by atoms with Gasteiger partial charge in [-0.1, -0.05) is 67.9 Å². The third kappa shape index (κ3) is 4.74. The molecule has 22 heavy (non-hydrogen) atoms. The lowest BCUT2D eigenvalue weighted by Crippen LogP contribution is -2.21. The molecule has 0 N–H and O–H groups in total. The van der Waals surface area contributed by atoms with Crippen LogP contribution in [0.3, 0.4) is 0 Å². The Balaban J connectivity index is 2.02. The van der Waals surface area contributed by atoms with Crippen molar-refractivity contribution in [2.75, 3.05) is 17.3 Å². The van der Waals surface area contributed by atoms with Crippen molar-refractivity contribution < 1.29 is 4.79 Å². The summed E-state index contributed by atoms with van der Waals surface area (Å²) in [5.41, 5.74) is 3.21. The Kier molecular flexibility index (Phi) is 6.73. The Morgan fingerprint density at radius 1 is 0.909 bits per heavy atom. The van der Waals surface area contributed by atoms with E-state index in [1.807, 2.05) is 30.3 Å².